The third-order valence-corrected chi connectivity index (χ3v) is 2.91. The van der Waals surface area contributed by atoms with Gasteiger partial charge in [-0.05, 0) is 31.0 Å². The van der Waals surface area contributed by atoms with Gasteiger partial charge in [0, 0.05) is 20.0 Å². The van der Waals surface area contributed by atoms with Gasteiger partial charge in [-0.2, -0.15) is 0 Å². The molecule has 0 bridgehead atoms. The lowest BCUT2D eigenvalue weighted by molar-refractivity contribution is -0.137. The quantitative estimate of drug-likeness (QED) is 0.873. The van der Waals surface area contributed by atoms with Crippen molar-refractivity contribution in [3.8, 4) is 0 Å². The fraction of sp³-hybridized carbons (Fsp3) is 0.385. The van der Waals surface area contributed by atoms with Crippen molar-refractivity contribution in [2.45, 2.75) is 19.8 Å². The van der Waals surface area contributed by atoms with Gasteiger partial charge in [0.1, 0.15) is 0 Å². The Hall–Kier alpha value is -1.75. The van der Waals surface area contributed by atoms with E-state index >= 15 is 0 Å². The second-order valence-corrected chi connectivity index (χ2v) is 4.74. The number of rotatable bonds is 5. The van der Waals surface area contributed by atoms with Gasteiger partial charge < -0.3 is 15.3 Å². The Bertz CT molecular complexity index is 477. The minimum Gasteiger partial charge on any atom is -0.481 e. The molecule has 5 nitrogen and oxygen atoms in total. The van der Waals surface area contributed by atoms with Crippen molar-refractivity contribution in [3.63, 3.8) is 0 Å². The number of carbonyl (C=O) groups is 2. The summed E-state index contributed by atoms with van der Waals surface area (Å²) in [4.78, 5) is 23.6. The van der Waals surface area contributed by atoms with Crippen molar-refractivity contribution in [1.29, 1.82) is 0 Å². The van der Waals surface area contributed by atoms with Crippen molar-refractivity contribution < 1.29 is 14.7 Å². The van der Waals surface area contributed by atoms with E-state index in [1.54, 1.807) is 19.2 Å². The molecule has 0 aromatic heterocycles. The van der Waals surface area contributed by atoms with Crippen LogP contribution in [-0.4, -0.2) is 35.6 Å². The predicted octanol–water partition coefficient (Wildman–Crippen LogP) is 2.98. The van der Waals surface area contributed by atoms with Crippen LogP contribution in [0.1, 0.15) is 18.4 Å². The molecule has 19 heavy (non-hydrogen) atoms. The fourth-order valence-electron chi connectivity index (χ4n) is 1.50. The number of aryl methyl sites for hydroxylation is 1. The zero-order valence-electron chi connectivity index (χ0n) is 10.9. The lowest BCUT2D eigenvalue weighted by Gasteiger charge is -2.18. The molecule has 1 aromatic rings. The van der Waals surface area contributed by atoms with Gasteiger partial charge >= 0.3 is 12.0 Å². The normalized spacial score (nSPS) is 10.1. The van der Waals surface area contributed by atoms with Crippen LogP contribution in [0.2, 0.25) is 5.02 Å². The summed E-state index contributed by atoms with van der Waals surface area (Å²) >= 11 is 6.01. The molecule has 1 aromatic carbocycles. The Balaban J connectivity index is 2.51. The smallest absolute Gasteiger partial charge is 0.321 e. The number of hydrogen-bond acceptors (Lipinski definition) is 2. The van der Waals surface area contributed by atoms with Crippen LogP contribution >= 0.6 is 11.6 Å². The van der Waals surface area contributed by atoms with Gasteiger partial charge in [-0.1, -0.05) is 17.7 Å². The number of nitrogens with zero attached hydrogens (tertiary/aromatic N) is 1. The first-order valence-corrected chi connectivity index (χ1v) is 6.28. The summed E-state index contributed by atoms with van der Waals surface area (Å²) < 4.78 is 0. The second-order valence-electron chi connectivity index (χ2n) is 4.33. The van der Waals surface area contributed by atoms with Crippen LogP contribution in [0.3, 0.4) is 0 Å². The Morgan fingerprint density at radius 3 is 2.68 bits per heavy atom. The average Bonchev–Trinajstić information content (AvgIpc) is 2.32. The Morgan fingerprint density at radius 1 is 1.42 bits per heavy atom. The number of aliphatic carboxylic acids is 1. The number of carbonyl (C=O) groups excluding carboxylic acids is 1. The van der Waals surface area contributed by atoms with Gasteiger partial charge in [0.15, 0.2) is 0 Å². The summed E-state index contributed by atoms with van der Waals surface area (Å²) in [5, 5.41) is 11.7. The highest BCUT2D eigenvalue weighted by atomic mass is 35.5. The lowest BCUT2D eigenvalue weighted by atomic mass is 10.2. The van der Waals surface area contributed by atoms with E-state index in [1.165, 1.54) is 4.90 Å². The Morgan fingerprint density at radius 2 is 2.11 bits per heavy atom. The summed E-state index contributed by atoms with van der Waals surface area (Å²) in [6, 6.07) is 5.05. The molecule has 0 unspecified atom stereocenters. The van der Waals surface area contributed by atoms with E-state index in [-0.39, 0.29) is 12.5 Å². The van der Waals surface area contributed by atoms with E-state index < -0.39 is 5.97 Å². The van der Waals surface area contributed by atoms with Crippen LogP contribution in [0, 0.1) is 6.92 Å². The first-order chi connectivity index (χ1) is 8.90. The van der Waals surface area contributed by atoms with Gasteiger partial charge in [-0.25, -0.2) is 4.79 Å². The van der Waals surface area contributed by atoms with Crippen molar-refractivity contribution >= 4 is 29.3 Å². The number of urea groups is 1. The van der Waals surface area contributed by atoms with Crippen LogP contribution in [0.5, 0.6) is 0 Å². The molecular weight excluding hydrogens is 268 g/mol. The summed E-state index contributed by atoms with van der Waals surface area (Å²) in [5.41, 5.74) is 1.56. The minimum absolute atomic E-state index is 0.0446. The van der Waals surface area contributed by atoms with Crippen molar-refractivity contribution in [1.82, 2.24) is 4.90 Å². The molecule has 0 atom stereocenters. The topological polar surface area (TPSA) is 69.6 Å². The molecular formula is C13H17ClN2O3. The second kappa shape index (κ2) is 6.99. The Kier molecular flexibility index (Phi) is 5.63. The minimum atomic E-state index is -0.865. The van der Waals surface area contributed by atoms with E-state index in [0.717, 1.165) is 5.56 Å². The van der Waals surface area contributed by atoms with Crippen LogP contribution in [0.25, 0.3) is 0 Å². The number of benzene rings is 1. The first kappa shape index (κ1) is 15.3. The highest BCUT2D eigenvalue weighted by Crippen LogP contribution is 2.22. The summed E-state index contributed by atoms with van der Waals surface area (Å²) in [6.45, 7) is 2.29. The van der Waals surface area contributed by atoms with Crippen molar-refractivity contribution in [2.24, 2.45) is 0 Å². The van der Waals surface area contributed by atoms with E-state index in [4.69, 9.17) is 16.7 Å². The number of nitrogens with one attached hydrogen (secondary N) is 1. The standard InChI is InChI=1S/C13H17ClN2O3/c1-9-5-6-11(10(14)8-9)15-13(19)16(2)7-3-4-12(17)18/h5-6,8H,3-4,7H2,1-2H3,(H,15,19)(H,17,18). The summed E-state index contributed by atoms with van der Waals surface area (Å²) in [7, 11) is 1.61. The molecule has 0 aliphatic rings. The molecule has 2 N–H and O–H groups in total. The van der Waals surface area contributed by atoms with Crippen LogP contribution < -0.4 is 5.32 Å². The third-order valence-electron chi connectivity index (χ3n) is 2.60. The number of amides is 2. The van der Waals surface area contributed by atoms with E-state index in [1.807, 2.05) is 13.0 Å². The third kappa shape index (κ3) is 5.18. The van der Waals surface area contributed by atoms with Gasteiger partial charge in [-0.3, -0.25) is 4.79 Å². The maximum absolute atomic E-state index is 11.8. The zero-order chi connectivity index (χ0) is 14.4. The van der Waals surface area contributed by atoms with Crippen molar-refractivity contribution in [3.05, 3.63) is 28.8 Å². The molecule has 0 heterocycles. The first-order valence-electron chi connectivity index (χ1n) is 5.90. The molecule has 6 heteroatoms. The lowest BCUT2D eigenvalue weighted by Crippen LogP contribution is -2.32. The Labute approximate surface area is 117 Å². The van der Waals surface area contributed by atoms with E-state index in [9.17, 15) is 9.59 Å². The molecule has 0 radical (unpaired) electrons. The molecule has 0 saturated carbocycles. The fourth-order valence-corrected chi connectivity index (χ4v) is 1.78. The van der Waals surface area contributed by atoms with Gasteiger partial charge in [0.2, 0.25) is 0 Å². The molecule has 2 amide bonds. The van der Waals surface area contributed by atoms with Crippen molar-refractivity contribution in [2.75, 3.05) is 18.9 Å². The number of carboxylic acid groups (broad SMARTS) is 1. The van der Waals surface area contributed by atoms with Gasteiger partial charge in [0.05, 0.1) is 10.7 Å². The monoisotopic (exact) mass is 284 g/mol. The highest BCUT2D eigenvalue weighted by molar-refractivity contribution is 6.33. The number of carboxylic acids is 1. The number of anilines is 1. The van der Waals surface area contributed by atoms with Gasteiger partial charge in [0.25, 0.3) is 0 Å². The highest BCUT2D eigenvalue weighted by Gasteiger charge is 2.11. The molecule has 0 fully saturated rings. The average molecular weight is 285 g/mol. The van der Waals surface area contributed by atoms with Crippen LogP contribution in [0.4, 0.5) is 10.5 Å². The zero-order valence-corrected chi connectivity index (χ0v) is 11.7. The molecule has 104 valence electrons. The van der Waals surface area contributed by atoms with E-state index in [2.05, 4.69) is 5.32 Å². The molecule has 0 spiro atoms. The maximum Gasteiger partial charge on any atom is 0.321 e. The number of halogens is 1. The predicted molar refractivity (Wildman–Crippen MR) is 74.7 cm³/mol. The van der Waals surface area contributed by atoms with E-state index in [0.29, 0.717) is 23.7 Å². The van der Waals surface area contributed by atoms with Crippen LogP contribution in [0.15, 0.2) is 18.2 Å². The summed E-state index contributed by atoms with van der Waals surface area (Å²) in [5.74, 6) is -0.865. The molecule has 0 aliphatic heterocycles. The number of hydrogen-bond donors (Lipinski definition) is 2. The molecule has 0 saturated heterocycles. The SMILES string of the molecule is Cc1ccc(NC(=O)N(C)CCCC(=O)O)c(Cl)c1. The molecule has 0 aliphatic carbocycles. The largest absolute Gasteiger partial charge is 0.481 e. The molecule has 1 rings (SSSR count). The van der Waals surface area contributed by atoms with Crippen LogP contribution in [-0.2, 0) is 4.79 Å². The van der Waals surface area contributed by atoms with Gasteiger partial charge in [-0.15, -0.1) is 0 Å². The summed E-state index contributed by atoms with van der Waals surface area (Å²) in [6.07, 6.45) is 0.462. The maximum atomic E-state index is 11.8.